The van der Waals surface area contributed by atoms with Crippen molar-refractivity contribution < 1.29 is 9.90 Å². The van der Waals surface area contributed by atoms with Crippen LogP contribution in [0.2, 0.25) is 0 Å². The number of aromatic nitrogens is 1. The molecule has 4 nitrogen and oxygen atoms in total. The summed E-state index contributed by atoms with van der Waals surface area (Å²) in [6.07, 6.45) is 1.38. The molecule has 0 aromatic carbocycles. The van der Waals surface area contributed by atoms with Crippen molar-refractivity contribution in [2.24, 2.45) is 7.05 Å². The molecule has 0 atom stereocenters. The fourth-order valence-electron chi connectivity index (χ4n) is 1.72. The fourth-order valence-corrected chi connectivity index (χ4v) is 2.81. The zero-order chi connectivity index (χ0) is 12.0. The Kier molecular flexibility index (Phi) is 2.35. The van der Waals surface area contributed by atoms with Crippen LogP contribution in [0.25, 0.3) is 10.2 Å². The van der Waals surface area contributed by atoms with Gasteiger partial charge in [-0.2, -0.15) is 0 Å². The highest BCUT2D eigenvalue weighted by Crippen LogP contribution is 2.27. The minimum absolute atomic E-state index is 0.170. The average molecular weight is 237 g/mol. The van der Waals surface area contributed by atoms with E-state index in [1.165, 1.54) is 17.5 Å². The molecule has 0 bridgehead atoms. The first-order valence-corrected chi connectivity index (χ1v) is 5.57. The van der Waals surface area contributed by atoms with Gasteiger partial charge in [-0.05, 0) is 19.4 Å². The summed E-state index contributed by atoms with van der Waals surface area (Å²) in [4.78, 5) is 24.8. The minimum atomic E-state index is -1.18. The van der Waals surface area contributed by atoms with E-state index in [1.54, 1.807) is 11.6 Å². The summed E-state index contributed by atoms with van der Waals surface area (Å²) in [6, 6.07) is 0. The van der Waals surface area contributed by atoms with Crippen LogP contribution in [0.4, 0.5) is 0 Å². The number of rotatable bonds is 1. The first-order valence-electron chi connectivity index (χ1n) is 4.76. The van der Waals surface area contributed by atoms with Gasteiger partial charge in [0, 0.05) is 18.1 Å². The molecule has 2 heterocycles. The third kappa shape index (κ3) is 1.36. The van der Waals surface area contributed by atoms with Crippen molar-refractivity contribution in [3.05, 3.63) is 32.4 Å². The van der Waals surface area contributed by atoms with E-state index < -0.39 is 5.97 Å². The molecule has 0 radical (unpaired) electrons. The number of aryl methyl sites for hydroxylation is 3. The van der Waals surface area contributed by atoms with Crippen molar-refractivity contribution in [2.75, 3.05) is 0 Å². The summed E-state index contributed by atoms with van der Waals surface area (Å²) in [5, 5.41) is 9.47. The van der Waals surface area contributed by atoms with Crippen molar-refractivity contribution in [2.45, 2.75) is 13.8 Å². The molecular formula is C11H11NO3S. The molecule has 2 rings (SSSR count). The number of carbonyl (C=O) groups is 1. The van der Waals surface area contributed by atoms with Gasteiger partial charge in [-0.3, -0.25) is 4.79 Å². The number of nitrogens with zero attached hydrogens (tertiary/aromatic N) is 1. The van der Waals surface area contributed by atoms with E-state index in [9.17, 15) is 9.59 Å². The van der Waals surface area contributed by atoms with Gasteiger partial charge in [-0.1, -0.05) is 0 Å². The predicted octanol–water partition coefficient (Wildman–Crippen LogP) is 1.92. The third-order valence-corrected chi connectivity index (χ3v) is 4.01. The number of carboxylic acids is 1. The summed E-state index contributed by atoms with van der Waals surface area (Å²) in [5.41, 5.74) is 0.321. The Morgan fingerprint density at radius 3 is 2.62 bits per heavy atom. The number of hydrogen-bond donors (Lipinski definition) is 1. The van der Waals surface area contributed by atoms with Gasteiger partial charge in [0.25, 0.3) is 0 Å². The molecule has 2 aromatic rings. The van der Waals surface area contributed by atoms with Crippen molar-refractivity contribution >= 4 is 27.5 Å². The first kappa shape index (κ1) is 10.9. The molecule has 84 valence electrons. The van der Waals surface area contributed by atoms with Crippen molar-refractivity contribution in [1.29, 1.82) is 0 Å². The number of carboxylic acid groups (broad SMARTS) is 1. The van der Waals surface area contributed by atoms with Crippen LogP contribution in [-0.4, -0.2) is 15.6 Å². The molecule has 0 amide bonds. The molecule has 0 saturated carbocycles. The zero-order valence-corrected chi connectivity index (χ0v) is 10.0. The number of hydrogen-bond acceptors (Lipinski definition) is 3. The quantitative estimate of drug-likeness (QED) is 0.824. The van der Waals surface area contributed by atoms with E-state index in [2.05, 4.69) is 0 Å². The van der Waals surface area contributed by atoms with Crippen molar-refractivity contribution in [1.82, 2.24) is 4.57 Å². The number of thiophene rings is 1. The van der Waals surface area contributed by atoms with Gasteiger partial charge in [0.1, 0.15) is 10.4 Å². The van der Waals surface area contributed by atoms with Crippen molar-refractivity contribution in [3.8, 4) is 0 Å². The number of fused-ring (bicyclic) bond motifs is 1. The molecule has 5 heteroatoms. The maximum absolute atomic E-state index is 12.0. The van der Waals surface area contributed by atoms with Crippen LogP contribution in [-0.2, 0) is 7.05 Å². The molecule has 0 aliphatic carbocycles. The lowest BCUT2D eigenvalue weighted by molar-refractivity contribution is 0.0695. The highest BCUT2D eigenvalue weighted by molar-refractivity contribution is 7.18. The van der Waals surface area contributed by atoms with Crippen LogP contribution in [0.15, 0.2) is 11.0 Å². The van der Waals surface area contributed by atoms with Crippen LogP contribution in [0.3, 0.4) is 0 Å². The average Bonchev–Trinajstić information content (AvgIpc) is 2.50. The molecule has 0 spiro atoms. The van der Waals surface area contributed by atoms with E-state index in [-0.39, 0.29) is 11.0 Å². The standard InChI is InChI=1S/C11H11NO3S/c1-5-6(2)16-10-8(5)9(13)7(11(14)15)4-12(10)3/h4H,1-3H3,(H,14,15). The molecule has 16 heavy (non-hydrogen) atoms. The zero-order valence-electron chi connectivity index (χ0n) is 9.20. The summed E-state index contributed by atoms with van der Waals surface area (Å²) >= 11 is 1.51. The van der Waals surface area contributed by atoms with Gasteiger partial charge >= 0.3 is 5.97 Å². The van der Waals surface area contributed by atoms with E-state index in [0.717, 1.165) is 15.3 Å². The first-order chi connectivity index (χ1) is 7.43. The van der Waals surface area contributed by atoms with Crippen LogP contribution < -0.4 is 5.43 Å². The fraction of sp³-hybridized carbons (Fsp3) is 0.273. The Hall–Kier alpha value is -1.62. The van der Waals surface area contributed by atoms with Crippen LogP contribution in [0.1, 0.15) is 20.8 Å². The lowest BCUT2D eigenvalue weighted by atomic mass is 10.1. The van der Waals surface area contributed by atoms with Gasteiger partial charge in [0.2, 0.25) is 5.43 Å². The maximum Gasteiger partial charge on any atom is 0.341 e. The second-order valence-electron chi connectivity index (χ2n) is 3.75. The molecule has 0 unspecified atom stereocenters. The minimum Gasteiger partial charge on any atom is -0.477 e. The van der Waals surface area contributed by atoms with Crippen LogP contribution in [0.5, 0.6) is 0 Å². The molecule has 2 aromatic heterocycles. The maximum atomic E-state index is 12.0. The second-order valence-corrected chi connectivity index (χ2v) is 4.95. The summed E-state index contributed by atoms with van der Waals surface area (Å²) in [5.74, 6) is -1.18. The number of pyridine rings is 1. The Bertz CT molecular complexity index is 651. The molecule has 0 saturated heterocycles. The van der Waals surface area contributed by atoms with Crippen LogP contribution in [0, 0.1) is 13.8 Å². The van der Waals surface area contributed by atoms with Crippen LogP contribution >= 0.6 is 11.3 Å². The monoisotopic (exact) mass is 237 g/mol. The lowest BCUT2D eigenvalue weighted by Gasteiger charge is -2.02. The SMILES string of the molecule is Cc1sc2c(c1C)c(=O)c(C(=O)O)cn2C. The Morgan fingerprint density at radius 1 is 1.44 bits per heavy atom. The van der Waals surface area contributed by atoms with E-state index in [0.29, 0.717) is 5.39 Å². The normalized spacial score (nSPS) is 10.9. The van der Waals surface area contributed by atoms with Gasteiger partial charge in [-0.15, -0.1) is 11.3 Å². The van der Waals surface area contributed by atoms with E-state index >= 15 is 0 Å². The summed E-state index contributed by atoms with van der Waals surface area (Å²) in [6.45, 7) is 3.78. The Balaban J connectivity index is 3.04. The molecule has 0 aliphatic heterocycles. The highest BCUT2D eigenvalue weighted by Gasteiger charge is 2.17. The summed E-state index contributed by atoms with van der Waals surface area (Å²) in [7, 11) is 1.75. The second kappa shape index (κ2) is 3.45. The number of aromatic carboxylic acids is 1. The van der Waals surface area contributed by atoms with Gasteiger partial charge < -0.3 is 9.67 Å². The summed E-state index contributed by atoms with van der Waals surface area (Å²) < 4.78 is 1.70. The Labute approximate surface area is 95.8 Å². The molecule has 1 N–H and O–H groups in total. The van der Waals surface area contributed by atoms with Crippen molar-refractivity contribution in [3.63, 3.8) is 0 Å². The molecular weight excluding hydrogens is 226 g/mol. The van der Waals surface area contributed by atoms with Gasteiger partial charge in [-0.25, -0.2) is 4.79 Å². The van der Waals surface area contributed by atoms with E-state index in [1.807, 2.05) is 13.8 Å². The largest absolute Gasteiger partial charge is 0.477 e. The molecule has 0 aliphatic rings. The topological polar surface area (TPSA) is 59.3 Å². The van der Waals surface area contributed by atoms with E-state index in [4.69, 9.17) is 5.11 Å². The smallest absolute Gasteiger partial charge is 0.341 e. The third-order valence-electron chi connectivity index (χ3n) is 2.71. The molecule has 0 fully saturated rings. The predicted molar refractivity (Wildman–Crippen MR) is 63.5 cm³/mol. The lowest BCUT2D eigenvalue weighted by Crippen LogP contribution is -2.17. The van der Waals surface area contributed by atoms with Gasteiger partial charge in [0.15, 0.2) is 0 Å². The van der Waals surface area contributed by atoms with Gasteiger partial charge in [0.05, 0.1) is 5.39 Å². The highest BCUT2D eigenvalue weighted by atomic mass is 32.1. The Morgan fingerprint density at radius 2 is 2.06 bits per heavy atom.